The smallest absolute Gasteiger partial charge is 0.266 e. The fraction of sp³-hybridized carbons (Fsp3) is 0.353. The standard InChI is InChI=1S/C17H19N3O2S/c1-11-14(12(2)19-17(22)15(11)8-18)4-5-16(21)20(3)9-13-6-7-23-10-13/h6-7,10H,4-5,9H2,1-3H3,(H,19,22). The number of nitrogens with zero attached hydrogens (tertiary/aromatic N) is 2. The molecule has 1 amide bonds. The molecule has 0 unspecified atom stereocenters. The Labute approximate surface area is 139 Å². The van der Waals surface area contributed by atoms with Crippen molar-refractivity contribution in [1.29, 1.82) is 5.26 Å². The molecule has 2 aromatic heterocycles. The van der Waals surface area contributed by atoms with E-state index in [-0.39, 0.29) is 17.0 Å². The number of rotatable bonds is 5. The molecule has 0 saturated carbocycles. The number of nitriles is 1. The number of amides is 1. The minimum atomic E-state index is -0.368. The van der Waals surface area contributed by atoms with Crippen molar-refractivity contribution in [3.8, 4) is 6.07 Å². The predicted octanol–water partition coefficient (Wildman–Crippen LogP) is 2.52. The summed E-state index contributed by atoms with van der Waals surface area (Å²) in [6.45, 7) is 4.15. The summed E-state index contributed by atoms with van der Waals surface area (Å²) in [5.41, 5.74) is 3.14. The van der Waals surface area contributed by atoms with Gasteiger partial charge in [0.05, 0.1) is 0 Å². The molecule has 1 N–H and O–H groups in total. The van der Waals surface area contributed by atoms with Crippen molar-refractivity contribution in [3.05, 3.63) is 55.1 Å². The van der Waals surface area contributed by atoms with Crippen molar-refractivity contribution in [2.45, 2.75) is 33.2 Å². The summed E-state index contributed by atoms with van der Waals surface area (Å²) in [5, 5.41) is 13.1. The fourth-order valence-corrected chi connectivity index (χ4v) is 3.25. The Morgan fingerprint density at radius 1 is 1.43 bits per heavy atom. The van der Waals surface area contributed by atoms with Crippen LogP contribution in [-0.4, -0.2) is 22.8 Å². The minimum Gasteiger partial charge on any atom is -0.341 e. The molecule has 0 atom stereocenters. The molecule has 0 saturated heterocycles. The van der Waals surface area contributed by atoms with Gasteiger partial charge in [-0.1, -0.05) is 0 Å². The van der Waals surface area contributed by atoms with Crippen LogP contribution in [-0.2, 0) is 17.8 Å². The number of carbonyl (C=O) groups is 1. The van der Waals surface area contributed by atoms with E-state index in [1.165, 1.54) is 0 Å². The molecule has 0 bridgehead atoms. The number of aryl methyl sites for hydroxylation is 1. The number of carbonyl (C=O) groups excluding carboxylic acids is 1. The van der Waals surface area contributed by atoms with Crippen molar-refractivity contribution < 1.29 is 4.79 Å². The number of hydrogen-bond donors (Lipinski definition) is 1. The first-order valence-corrected chi connectivity index (χ1v) is 8.25. The third kappa shape index (κ3) is 3.88. The first kappa shape index (κ1) is 17.0. The first-order valence-electron chi connectivity index (χ1n) is 7.31. The van der Waals surface area contributed by atoms with Crippen LogP contribution in [0.4, 0.5) is 0 Å². The van der Waals surface area contributed by atoms with Gasteiger partial charge in [0.1, 0.15) is 11.6 Å². The van der Waals surface area contributed by atoms with Gasteiger partial charge in [-0.05, 0) is 53.8 Å². The lowest BCUT2D eigenvalue weighted by Gasteiger charge is -2.17. The Hall–Kier alpha value is -2.39. The van der Waals surface area contributed by atoms with Gasteiger partial charge in [0.25, 0.3) is 5.56 Å². The third-order valence-electron chi connectivity index (χ3n) is 3.93. The van der Waals surface area contributed by atoms with Gasteiger partial charge >= 0.3 is 0 Å². The highest BCUT2D eigenvalue weighted by Crippen LogP contribution is 2.16. The summed E-state index contributed by atoms with van der Waals surface area (Å²) < 4.78 is 0. The number of aromatic amines is 1. The van der Waals surface area contributed by atoms with Gasteiger partial charge < -0.3 is 9.88 Å². The van der Waals surface area contributed by atoms with E-state index in [9.17, 15) is 9.59 Å². The second-order valence-corrected chi connectivity index (χ2v) is 6.33. The minimum absolute atomic E-state index is 0.0414. The van der Waals surface area contributed by atoms with Gasteiger partial charge in [0.2, 0.25) is 5.91 Å². The zero-order valence-electron chi connectivity index (χ0n) is 13.5. The van der Waals surface area contributed by atoms with E-state index < -0.39 is 0 Å². The van der Waals surface area contributed by atoms with E-state index in [1.54, 1.807) is 37.1 Å². The molecule has 2 heterocycles. The maximum Gasteiger partial charge on any atom is 0.266 e. The fourth-order valence-electron chi connectivity index (χ4n) is 2.59. The van der Waals surface area contributed by atoms with E-state index in [2.05, 4.69) is 4.98 Å². The van der Waals surface area contributed by atoms with Crippen molar-refractivity contribution in [2.24, 2.45) is 0 Å². The van der Waals surface area contributed by atoms with E-state index in [4.69, 9.17) is 5.26 Å². The van der Waals surface area contributed by atoms with Crippen LogP contribution in [0.2, 0.25) is 0 Å². The van der Waals surface area contributed by atoms with Crippen LogP contribution < -0.4 is 5.56 Å². The number of pyridine rings is 1. The number of aromatic nitrogens is 1. The first-order chi connectivity index (χ1) is 10.9. The van der Waals surface area contributed by atoms with Gasteiger partial charge in [-0.2, -0.15) is 16.6 Å². The van der Waals surface area contributed by atoms with Crippen LogP contribution in [0.25, 0.3) is 0 Å². The summed E-state index contributed by atoms with van der Waals surface area (Å²) in [6.07, 6.45) is 0.856. The predicted molar refractivity (Wildman–Crippen MR) is 90.4 cm³/mol. The summed E-state index contributed by atoms with van der Waals surface area (Å²) in [6, 6.07) is 3.94. The number of nitrogens with one attached hydrogen (secondary N) is 1. The lowest BCUT2D eigenvalue weighted by molar-refractivity contribution is -0.130. The highest BCUT2D eigenvalue weighted by Gasteiger charge is 2.15. The number of thiophene rings is 1. The van der Waals surface area contributed by atoms with Crippen molar-refractivity contribution >= 4 is 17.2 Å². The van der Waals surface area contributed by atoms with Gasteiger partial charge in [-0.3, -0.25) is 9.59 Å². The van der Waals surface area contributed by atoms with E-state index in [1.807, 2.05) is 22.9 Å². The third-order valence-corrected chi connectivity index (χ3v) is 4.67. The van der Waals surface area contributed by atoms with E-state index >= 15 is 0 Å². The quantitative estimate of drug-likeness (QED) is 0.915. The zero-order chi connectivity index (χ0) is 17.0. The molecule has 0 aliphatic rings. The molecule has 0 spiro atoms. The summed E-state index contributed by atoms with van der Waals surface area (Å²) in [7, 11) is 1.79. The molecule has 0 radical (unpaired) electrons. The summed E-state index contributed by atoms with van der Waals surface area (Å²) in [4.78, 5) is 28.4. The molecular weight excluding hydrogens is 310 g/mol. The van der Waals surface area contributed by atoms with Gasteiger partial charge in [0.15, 0.2) is 0 Å². The second-order valence-electron chi connectivity index (χ2n) is 5.55. The maximum absolute atomic E-state index is 12.3. The zero-order valence-corrected chi connectivity index (χ0v) is 14.3. The molecule has 0 fully saturated rings. The molecule has 120 valence electrons. The van der Waals surface area contributed by atoms with E-state index in [0.717, 1.165) is 16.8 Å². The molecular formula is C17H19N3O2S. The van der Waals surface area contributed by atoms with Crippen molar-refractivity contribution in [2.75, 3.05) is 7.05 Å². The molecule has 23 heavy (non-hydrogen) atoms. The topological polar surface area (TPSA) is 77.0 Å². The number of H-pyrrole nitrogens is 1. The van der Waals surface area contributed by atoms with Crippen LogP contribution >= 0.6 is 11.3 Å². The van der Waals surface area contributed by atoms with Crippen LogP contribution in [0.1, 0.15) is 34.4 Å². The number of hydrogen-bond acceptors (Lipinski definition) is 4. The molecule has 2 rings (SSSR count). The van der Waals surface area contributed by atoms with Gasteiger partial charge in [-0.25, -0.2) is 0 Å². The molecule has 0 aromatic carbocycles. The van der Waals surface area contributed by atoms with Crippen molar-refractivity contribution in [3.63, 3.8) is 0 Å². The highest BCUT2D eigenvalue weighted by molar-refractivity contribution is 7.07. The molecule has 6 heteroatoms. The van der Waals surface area contributed by atoms with Crippen LogP contribution in [0.5, 0.6) is 0 Å². The van der Waals surface area contributed by atoms with E-state index in [0.29, 0.717) is 24.9 Å². The highest BCUT2D eigenvalue weighted by atomic mass is 32.1. The Kier molecular flexibility index (Phi) is 5.35. The summed E-state index contributed by atoms with van der Waals surface area (Å²) in [5.74, 6) is 0.0414. The Morgan fingerprint density at radius 2 is 2.17 bits per heavy atom. The maximum atomic E-state index is 12.3. The van der Waals surface area contributed by atoms with Crippen LogP contribution in [0.15, 0.2) is 21.6 Å². The van der Waals surface area contributed by atoms with Crippen LogP contribution in [0.3, 0.4) is 0 Å². The molecule has 0 aliphatic heterocycles. The summed E-state index contributed by atoms with van der Waals surface area (Å²) >= 11 is 1.61. The van der Waals surface area contributed by atoms with Gasteiger partial charge in [0, 0.05) is 25.7 Å². The average Bonchev–Trinajstić information content (AvgIpc) is 2.99. The largest absolute Gasteiger partial charge is 0.341 e. The molecule has 5 nitrogen and oxygen atoms in total. The lowest BCUT2D eigenvalue weighted by atomic mass is 9.99. The molecule has 2 aromatic rings. The van der Waals surface area contributed by atoms with Crippen LogP contribution in [0, 0.1) is 25.2 Å². The lowest BCUT2D eigenvalue weighted by Crippen LogP contribution is -2.26. The Balaban J connectivity index is 2.07. The normalized spacial score (nSPS) is 10.3. The van der Waals surface area contributed by atoms with Gasteiger partial charge in [-0.15, -0.1) is 0 Å². The molecule has 0 aliphatic carbocycles. The second kappa shape index (κ2) is 7.25. The van der Waals surface area contributed by atoms with Crippen molar-refractivity contribution in [1.82, 2.24) is 9.88 Å². The Bertz CT molecular complexity index is 800. The monoisotopic (exact) mass is 329 g/mol. The Morgan fingerprint density at radius 3 is 2.78 bits per heavy atom. The average molecular weight is 329 g/mol. The SMILES string of the molecule is Cc1[nH]c(=O)c(C#N)c(C)c1CCC(=O)N(C)Cc1ccsc1.